The van der Waals surface area contributed by atoms with Crippen LogP contribution in [0.4, 0.5) is 0 Å². The number of rotatable bonds is 4. The van der Waals surface area contributed by atoms with Crippen molar-refractivity contribution in [3.8, 4) is 5.75 Å². The topological polar surface area (TPSA) is 72.0 Å². The lowest BCUT2D eigenvalue weighted by Gasteiger charge is -2.30. The van der Waals surface area contributed by atoms with E-state index in [9.17, 15) is 8.42 Å². The van der Waals surface area contributed by atoms with Crippen molar-refractivity contribution in [2.24, 2.45) is 0 Å². The predicted molar refractivity (Wildman–Crippen MR) is 81.2 cm³/mol. The Labute approximate surface area is 135 Å². The lowest BCUT2D eigenvalue weighted by atomic mass is 10.3. The van der Waals surface area contributed by atoms with E-state index >= 15 is 0 Å². The highest BCUT2D eigenvalue weighted by Gasteiger charge is 2.37. The Bertz CT molecular complexity index is 621. The fraction of sp³-hybridized carbons (Fsp3) is 0.615. The molecule has 3 rings (SSSR count). The molecule has 2 aliphatic rings. The van der Waals surface area contributed by atoms with Gasteiger partial charge in [-0.25, -0.2) is 0 Å². The molecule has 0 amide bonds. The molecule has 22 heavy (non-hydrogen) atoms. The Morgan fingerprint density at radius 3 is 2.77 bits per heavy atom. The summed E-state index contributed by atoms with van der Waals surface area (Å²) < 4.78 is 39.1. The van der Waals surface area contributed by atoms with Crippen molar-refractivity contribution < 1.29 is 17.9 Å². The molecular formula is C13H18ClN3O4S. The molecule has 0 bridgehead atoms. The standard InChI is InChI=1S/C13H18ClN3O4S/c14-12-9-15-3-1-13(12)21-11-2-4-17(10-11)22(18,19)16-5-7-20-8-6-16/h1,3,9,11H,2,4-8,10H2/t11-/m1/s1. The van der Waals surface area contributed by atoms with Crippen LogP contribution in [0.2, 0.25) is 5.02 Å². The summed E-state index contributed by atoms with van der Waals surface area (Å²) in [6.45, 7) is 2.48. The summed E-state index contributed by atoms with van der Waals surface area (Å²) in [5.74, 6) is 0.535. The molecule has 2 aliphatic heterocycles. The van der Waals surface area contributed by atoms with Gasteiger partial charge in [0.1, 0.15) is 16.9 Å². The molecular weight excluding hydrogens is 330 g/mol. The molecule has 1 aromatic heterocycles. The van der Waals surface area contributed by atoms with Crippen LogP contribution in [0.5, 0.6) is 5.75 Å². The quantitative estimate of drug-likeness (QED) is 0.804. The van der Waals surface area contributed by atoms with Gasteiger partial charge in [-0.2, -0.15) is 17.0 Å². The molecule has 3 heterocycles. The molecule has 2 saturated heterocycles. The fourth-order valence-corrected chi connectivity index (χ4v) is 4.37. The molecule has 0 spiro atoms. The summed E-state index contributed by atoms with van der Waals surface area (Å²) >= 11 is 6.01. The van der Waals surface area contributed by atoms with Gasteiger partial charge in [0.15, 0.2) is 0 Å². The minimum atomic E-state index is -3.44. The Balaban J connectivity index is 1.63. The first kappa shape index (κ1) is 15.9. The zero-order valence-corrected chi connectivity index (χ0v) is 13.6. The summed E-state index contributed by atoms with van der Waals surface area (Å²) in [7, 11) is -3.44. The van der Waals surface area contributed by atoms with Crippen molar-refractivity contribution in [1.29, 1.82) is 0 Å². The monoisotopic (exact) mass is 347 g/mol. The summed E-state index contributed by atoms with van der Waals surface area (Å²) in [4.78, 5) is 3.90. The Kier molecular flexibility index (Phi) is 4.84. The van der Waals surface area contributed by atoms with Crippen LogP contribution < -0.4 is 4.74 Å². The van der Waals surface area contributed by atoms with E-state index in [1.165, 1.54) is 14.8 Å². The van der Waals surface area contributed by atoms with E-state index < -0.39 is 10.2 Å². The number of hydrogen-bond acceptors (Lipinski definition) is 5. The van der Waals surface area contributed by atoms with Crippen molar-refractivity contribution >= 4 is 21.8 Å². The van der Waals surface area contributed by atoms with Crippen molar-refractivity contribution in [2.45, 2.75) is 12.5 Å². The van der Waals surface area contributed by atoms with Gasteiger partial charge < -0.3 is 9.47 Å². The summed E-state index contributed by atoms with van der Waals surface area (Å²) in [6, 6.07) is 1.68. The highest BCUT2D eigenvalue weighted by atomic mass is 35.5. The SMILES string of the molecule is O=S(=O)(N1CCOCC1)N1CC[C@@H](Oc2ccncc2Cl)C1. The van der Waals surface area contributed by atoms with Gasteiger partial charge >= 0.3 is 0 Å². The zero-order chi connectivity index (χ0) is 15.6. The lowest BCUT2D eigenvalue weighted by molar-refractivity contribution is 0.0704. The van der Waals surface area contributed by atoms with Crippen LogP contribution in [0, 0.1) is 0 Å². The van der Waals surface area contributed by atoms with Crippen molar-refractivity contribution in [3.63, 3.8) is 0 Å². The van der Waals surface area contributed by atoms with Gasteiger partial charge in [0.2, 0.25) is 0 Å². The molecule has 0 aromatic carbocycles. The smallest absolute Gasteiger partial charge is 0.282 e. The van der Waals surface area contributed by atoms with Crippen molar-refractivity contribution in [1.82, 2.24) is 13.6 Å². The second-order valence-corrected chi connectivity index (χ2v) is 7.55. The maximum atomic E-state index is 12.6. The summed E-state index contributed by atoms with van der Waals surface area (Å²) in [5, 5.41) is 0.428. The van der Waals surface area contributed by atoms with Gasteiger partial charge in [0.25, 0.3) is 10.2 Å². The van der Waals surface area contributed by atoms with Crippen LogP contribution in [-0.2, 0) is 14.9 Å². The zero-order valence-electron chi connectivity index (χ0n) is 12.0. The van der Waals surface area contributed by atoms with Gasteiger partial charge in [-0.05, 0) is 6.42 Å². The number of halogens is 1. The first-order chi connectivity index (χ1) is 10.6. The van der Waals surface area contributed by atoms with Crippen LogP contribution >= 0.6 is 11.6 Å². The molecule has 1 aromatic rings. The number of hydrogen-bond donors (Lipinski definition) is 0. The highest BCUT2D eigenvalue weighted by Crippen LogP contribution is 2.27. The first-order valence-electron chi connectivity index (χ1n) is 7.16. The second kappa shape index (κ2) is 6.67. The van der Waals surface area contributed by atoms with Crippen molar-refractivity contribution in [3.05, 3.63) is 23.5 Å². The Morgan fingerprint density at radius 2 is 2.05 bits per heavy atom. The van der Waals surface area contributed by atoms with Crippen LogP contribution in [0.25, 0.3) is 0 Å². The normalized spacial score (nSPS) is 24.5. The average Bonchev–Trinajstić information content (AvgIpc) is 3.00. The third-order valence-corrected chi connectivity index (χ3v) is 6.05. The number of ether oxygens (including phenoxy) is 2. The average molecular weight is 348 g/mol. The van der Waals surface area contributed by atoms with E-state index in [4.69, 9.17) is 21.1 Å². The first-order valence-corrected chi connectivity index (χ1v) is 8.94. The molecule has 122 valence electrons. The molecule has 7 nitrogen and oxygen atoms in total. The van der Waals surface area contributed by atoms with E-state index in [0.717, 1.165) is 0 Å². The molecule has 0 aliphatic carbocycles. The van der Waals surface area contributed by atoms with Gasteiger partial charge in [0, 0.05) is 38.1 Å². The van der Waals surface area contributed by atoms with Crippen LogP contribution in [0.1, 0.15) is 6.42 Å². The lowest BCUT2D eigenvalue weighted by Crippen LogP contribution is -2.48. The second-order valence-electron chi connectivity index (χ2n) is 5.21. The third kappa shape index (κ3) is 3.36. The van der Waals surface area contributed by atoms with Gasteiger partial charge in [-0.15, -0.1) is 0 Å². The van der Waals surface area contributed by atoms with Crippen LogP contribution in [0.3, 0.4) is 0 Å². The molecule has 0 radical (unpaired) electrons. The molecule has 2 fully saturated rings. The Hall–Kier alpha value is -0.930. The van der Waals surface area contributed by atoms with E-state index in [1.807, 2.05) is 0 Å². The number of pyridine rings is 1. The van der Waals surface area contributed by atoms with Gasteiger partial charge in [-0.1, -0.05) is 11.6 Å². The molecule has 0 N–H and O–H groups in total. The van der Waals surface area contributed by atoms with E-state index in [2.05, 4.69) is 4.98 Å². The number of nitrogens with zero attached hydrogens (tertiary/aromatic N) is 3. The van der Waals surface area contributed by atoms with E-state index in [-0.39, 0.29) is 6.10 Å². The van der Waals surface area contributed by atoms with E-state index in [0.29, 0.717) is 56.6 Å². The largest absolute Gasteiger partial charge is 0.487 e. The highest BCUT2D eigenvalue weighted by molar-refractivity contribution is 7.86. The number of morpholine rings is 1. The fourth-order valence-electron chi connectivity index (χ4n) is 2.58. The molecule has 0 unspecified atom stereocenters. The number of aromatic nitrogens is 1. The molecule has 1 atom stereocenters. The minimum Gasteiger partial charge on any atom is -0.487 e. The maximum absolute atomic E-state index is 12.6. The molecule has 9 heteroatoms. The maximum Gasteiger partial charge on any atom is 0.282 e. The predicted octanol–water partition coefficient (Wildman–Crippen LogP) is 0.765. The van der Waals surface area contributed by atoms with E-state index in [1.54, 1.807) is 12.3 Å². The summed E-state index contributed by atoms with van der Waals surface area (Å²) in [6.07, 6.45) is 3.55. The van der Waals surface area contributed by atoms with Gasteiger partial charge in [-0.3, -0.25) is 4.98 Å². The van der Waals surface area contributed by atoms with Crippen LogP contribution in [-0.4, -0.2) is 67.5 Å². The molecule has 0 saturated carbocycles. The van der Waals surface area contributed by atoms with Crippen molar-refractivity contribution in [2.75, 3.05) is 39.4 Å². The van der Waals surface area contributed by atoms with Gasteiger partial charge in [0.05, 0.1) is 19.8 Å². The minimum absolute atomic E-state index is 0.198. The van der Waals surface area contributed by atoms with Crippen LogP contribution in [0.15, 0.2) is 18.5 Å². The Morgan fingerprint density at radius 1 is 1.27 bits per heavy atom. The summed E-state index contributed by atoms with van der Waals surface area (Å²) in [5.41, 5.74) is 0. The third-order valence-electron chi connectivity index (χ3n) is 3.76.